The molecule has 0 saturated carbocycles. The zero-order valence-corrected chi connectivity index (χ0v) is 15.0. The second kappa shape index (κ2) is 8.03. The second-order valence-corrected chi connectivity index (χ2v) is 6.19. The van der Waals surface area contributed by atoms with Gasteiger partial charge in [0.05, 0.1) is 6.61 Å². The topological polar surface area (TPSA) is 57.7 Å². The number of rotatable bonds is 4. The van der Waals surface area contributed by atoms with Crippen molar-refractivity contribution in [2.24, 2.45) is 0 Å². The molecule has 1 fully saturated rings. The normalized spacial score (nSPS) is 17.1. The molecule has 1 aliphatic rings. The summed E-state index contributed by atoms with van der Waals surface area (Å²) < 4.78 is 18.7. The van der Waals surface area contributed by atoms with E-state index in [-0.39, 0.29) is 12.1 Å². The van der Waals surface area contributed by atoms with Crippen molar-refractivity contribution in [2.45, 2.75) is 19.9 Å². The Morgan fingerprint density at radius 2 is 2.04 bits per heavy atom. The summed E-state index contributed by atoms with van der Waals surface area (Å²) in [6.45, 7) is 6.23. The maximum Gasteiger partial charge on any atom is 0.321 e. The van der Waals surface area contributed by atoms with E-state index in [4.69, 9.17) is 4.74 Å². The van der Waals surface area contributed by atoms with Crippen molar-refractivity contribution in [3.63, 3.8) is 0 Å². The van der Waals surface area contributed by atoms with Gasteiger partial charge in [0.2, 0.25) is 5.95 Å². The van der Waals surface area contributed by atoms with Gasteiger partial charge >= 0.3 is 6.03 Å². The highest BCUT2D eigenvalue weighted by molar-refractivity contribution is 5.89. The number of carbonyl (C=O) groups is 1. The van der Waals surface area contributed by atoms with Crippen molar-refractivity contribution in [3.05, 3.63) is 48.4 Å². The number of piperazine rings is 1. The van der Waals surface area contributed by atoms with E-state index in [1.165, 1.54) is 6.07 Å². The molecule has 26 heavy (non-hydrogen) atoms. The number of anilines is 2. The molecule has 0 aliphatic carbocycles. The van der Waals surface area contributed by atoms with Crippen LogP contribution in [-0.4, -0.2) is 48.2 Å². The number of carbonyl (C=O) groups excluding carboxylic acids is 1. The lowest BCUT2D eigenvalue weighted by Gasteiger charge is -2.40. The minimum Gasteiger partial charge on any atom is -0.494 e. The van der Waals surface area contributed by atoms with Crippen LogP contribution < -0.4 is 15.0 Å². The molecule has 2 aromatic rings. The Morgan fingerprint density at radius 1 is 1.27 bits per heavy atom. The fraction of sp³-hybridized carbons (Fsp3) is 0.368. The largest absolute Gasteiger partial charge is 0.494 e. The van der Waals surface area contributed by atoms with Gasteiger partial charge < -0.3 is 19.9 Å². The maximum absolute atomic E-state index is 13.4. The number of hydrogen-bond acceptors (Lipinski definition) is 4. The SMILES string of the molecule is CCOc1ccc(NC(=O)N2CCN(c3cccc(F)n3)C(C)C2)cc1. The first kappa shape index (κ1) is 18.0. The van der Waals surface area contributed by atoms with Crippen molar-refractivity contribution < 1.29 is 13.9 Å². The summed E-state index contributed by atoms with van der Waals surface area (Å²) in [5.41, 5.74) is 0.723. The Morgan fingerprint density at radius 3 is 2.69 bits per heavy atom. The van der Waals surface area contributed by atoms with Gasteiger partial charge in [-0.2, -0.15) is 4.39 Å². The predicted molar refractivity (Wildman–Crippen MR) is 99.2 cm³/mol. The Hall–Kier alpha value is -2.83. The molecule has 6 nitrogen and oxygen atoms in total. The van der Waals surface area contributed by atoms with Crippen molar-refractivity contribution in [3.8, 4) is 5.75 Å². The molecule has 1 unspecified atom stereocenters. The van der Waals surface area contributed by atoms with Gasteiger partial charge in [0, 0.05) is 31.4 Å². The summed E-state index contributed by atoms with van der Waals surface area (Å²) in [7, 11) is 0. The van der Waals surface area contributed by atoms with Crippen molar-refractivity contribution in [1.29, 1.82) is 0 Å². The van der Waals surface area contributed by atoms with E-state index in [0.29, 0.717) is 32.1 Å². The second-order valence-electron chi connectivity index (χ2n) is 6.19. The first-order valence-corrected chi connectivity index (χ1v) is 8.75. The minimum absolute atomic E-state index is 0.0455. The van der Waals surface area contributed by atoms with E-state index >= 15 is 0 Å². The summed E-state index contributed by atoms with van der Waals surface area (Å²) in [6.07, 6.45) is 0. The standard InChI is InChI=1S/C19H23FN4O2/c1-3-26-16-9-7-15(8-10-16)21-19(25)23-11-12-24(14(2)13-23)18-6-4-5-17(20)22-18/h4-10,14H,3,11-13H2,1-2H3,(H,21,25). The van der Waals surface area contributed by atoms with Crippen LogP contribution in [-0.2, 0) is 0 Å². The lowest BCUT2D eigenvalue weighted by molar-refractivity contribution is 0.200. The molecule has 2 heterocycles. The van der Waals surface area contributed by atoms with E-state index in [1.54, 1.807) is 17.0 Å². The van der Waals surface area contributed by atoms with E-state index in [1.807, 2.05) is 43.0 Å². The molecule has 0 radical (unpaired) electrons. The fourth-order valence-electron chi connectivity index (χ4n) is 3.04. The highest BCUT2D eigenvalue weighted by Gasteiger charge is 2.27. The molecule has 3 rings (SSSR count). The third kappa shape index (κ3) is 4.22. The summed E-state index contributed by atoms with van der Waals surface area (Å²) in [6, 6.07) is 12.0. The average Bonchev–Trinajstić information content (AvgIpc) is 2.63. The quantitative estimate of drug-likeness (QED) is 0.852. The van der Waals surface area contributed by atoms with Crippen LogP contribution in [0.3, 0.4) is 0 Å². The van der Waals surface area contributed by atoms with Gasteiger partial charge in [0.1, 0.15) is 11.6 Å². The molecule has 0 bridgehead atoms. The van der Waals surface area contributed by atoms with Gasteiger partial charge in [-0.25, -0.2) is 9.78 Å². The van der Waals surface area contributed by atoms with E-state index < -0.39 is 5.95 Å². The van der Waals surface area contributed by atoms with Gasteiger partial charge in [-0.3, -0.25) is 0 Å². The summed E-state index contributed by atoms with van der Waals surface area (Å²) in [5, 5.41) is 2.90. The molecular weight excluding hydrogens is 335 g/mol. The van der Waals surface area contributed by atoms with Gasteiger partial charge in [0.15, 0.2) is 0 Å². The van der Waals surface area contributed by atoms with Crippen LogP contribution in [0.4, 0.5) is 20.7 Å². The van der Waals surface area contributed by atoms with Crippen molar-refractivity contribution >= 4 is 17.5 Å². The number of nitrogens with one attached hydrogen (secondary N) is 1. The van der Waals surface area contributed by atoms with Crippen LogP contribution in [0.5, 0.6) is 5.75 Å². The number of hydrogen-bond donors (Lipinski definition) is 1. The van der Waals surface area contributed by atoms with E-state index in [0.717, 1.165) is 11.4 Å². The van der Waals surface area contributed by atoms with Crippen molar-refractivity contribution in [1.82, 2.24) is 9.88 Å². The van der Waals surface area contributed by atoms with E-state index in [9.17, 15) is 9.18 Å². The number of benzene rings is 1. The van der Waals surface area contributed by atoms with Crippen LogP contribution in [0.1, 0.15) is 13.8 Å². The van der Waals surface area contributed by atoms with Crippen LogP contribution in [0.25, 0.3) is 0 Å². The lowest BCUT2D eigenvalue weighted by atomic mass is 10.2. The van der Waals surface area contributed by atoms with Gasteiger partial charge in [-0.05, 0) is 50.2 Å². The zero-order chi connectivity index (χ0) is 18.5. The first-order chi connectivity index (χ1) is 12.6. The first-order valence-electron chi connectivity index (χ1n) is 8.75. The van der Waals surface area contributed by atoms with Gasteiger partial charge in [0.25, 0.3) is 0 Å². The molecule has 138 valence electrons. The maximum atomic E-state index is 13.4. The Balaban J connectivity index is 1.58. The number of ether oxygens (including phenoxy) is 1. The van der Waals surface area contributed by atoms with Crippen LogP contribution in [0.15, 0.2) is 42.5 Å². The molecule has 1 saturated heterocycles. The number of nitrogens with zero attached hydrogens (tertiary/aromatic N) is 3. The smallest absolute Gasteiger partial charge is 0.321 e. The molecule has 1 aromatic carbocycles. The van der Waals surface area contributed by atoms with Crippen molar-refractivity contribution in [2.75, 3.05) is 36.5 Å². The summed E-state index contributed by atoms with van der Waals surface area (Å²) >= 11 is 0. The highest BCUT2D eigenvalue weighted by atomic mass is 19.1. The fourth-order valence-corrected chi connectivity index (χ4v) is 3.04. The Kier molecular flexibility index (Phi) is 5.55. The molecule has 1 aromatic heterocycles. The number of amides is 2. The molecule has 2 amide bonds. The molecular formula is C19H23FN4O2. The number of pyridine rings is 1. The monoisotopic (exact) mass is 358 g/mol. The summed E-state index contributed by atoms with van der Waals surface area (Å²) in [4.78, 5) is 20.2. The van der Waals surface area contributed by atoms with Gasteiger partial charge in [-0.15, -0.1) is 0 Å². The van der Waals surface area contributed by atoms with Crippen LogP contribution in [0, 0.1) is 5.95 Å². The zero-order valence-electron chi connectivity index (χ0n) is 15.0. The van der Waals surface area contributed by atoms with Crippen LogP contribution >= 0.6 is 0 Å². The molecule has 1 atom stereocenters. The minimum atomic E-state index is -0.495. The van der Waals surface area contributed by atoms with E-state index in [2.05, 4.69) is 10.3 Å². The molecule has 1 aliphatic heterocycles. The Labute approximate surface area is 152 Å². The molecule has 0 spiro atoms. The highest BCUT2D eigenvalue weighted by Crippen LogP contribution is 2.20. The number of urea groups is 1. The number of aromatic nitrogens is 1. The predicted octanol–water partition coefficient (Wildman–Crippen LogP) is 3.36. The third-order valence-electron chi connectivity index (χ3n) is 4.33. The molecule has 1 N–H and O–H groups in total. The Bertz CT molecular complexity index is 753. The van der Waals surface area contributed by atoms with Crippen LogP contribution in [0.2, 0.25) is 0 Å². The number of halogens is 1. The average molecular weight is 358 g/mol. The lowest BCUT2D eigenvalue weighted by Crippen LogP contribution is -2.55. The summed E-state index contributed by atoms with van der Waals surface area (Å²) in [5.74, 6) is 0.879. The third-order valence-corrected chi connectivity index (χ3v) is 4.33. The van der Waals surface area contributed by atoms with Gasteiger partial charge in [-0.1, -0.05) is 6.07 Å². The molecule has 7 heteroatoms.